The summed E-state index contributed by atoms with van der Waals surface area (Å²) < 4.78 is 0. The molecule has 0 amide bonds. The quantitative estimate of drug-likeness (QED) is 0.796. The van der Waals surface area contributed by atoms with E-state index < -0.39 is 5.54 Å². The maximum Gasteiger partial charge on any atom is 0.126 e. The van der Waals surface area contributed by atoms with Crippen LogP contribution >= 0.6 is 0 Å². The fourth-order valence-electron chi connectivity index (χ4n) is 1.44. The number of nitrogens with zero attached hydrogens (tertiary/aromatic N) is 3. The van der Waals surface area contributed by atoms with E-state index >= 15 is 0 Å². The van der Waals surface area contributed by atoms with Gasteiger partial charge in [0.25, 0.3) is 0 Å². The van der Waals surface area contributed by atoms with Crippen molar-refractivity contribution in [2.75, 3.05) is 0 Å². The van der Waals surface area contributed by atoms with E-state index in [9.17, 15) is 0 Å². The van der Waals surface area contributed by atoms with Crippen LogP contribution in [-0.4, -0.2) is 19.9 Å². The van der Waals surface area contributed by atoms with Crippen molar-refractivity contribution in [1.29, 1.82) is 0 Å². The van der Waals surface area contributed by atoms with Crippen LogP contribution in [0.15, 0.2) is 18.6 Å². The van der Waals surface area contributed by atoms with E-state index in [1.807, 2.05) is 20.8 Å². The van der Waals surface area contributed by atoms with Crippen molar-refractivity contribution in [2.24, 2.45) is 5.73 Å². The predicted octanol–water partition coefficient (Wildman–Crippen LogP) is 1.37. The van der Waals surface area contributed by atoms with Gasteiger partial charge in [0.2, 0.25) is 0 Å². The number of hydrogen-bond acceptors (Lipinski definition) is 4. The zero-order valence-corrected chi connectivity index (χ0v) is 9.65. The highest BCUT2D eigenvalue weighted by atomic mass is 15.0. The first-order valence-electron chi connectivity index (χ1n) is 5.11. The molecule has 2 heterocycles. The van der Waals surface area contributed by atoms with E-state index in [4.69, 9.17) is 5.73 Å². The molecule has 0 bridgehead atoms. The Kier molecular flexibility index (Phi) is 2.47. The van der Waals surface area contributed by atoms with Gasteiger partial charge in [-0.1, -0.05) is 0 Å². The Hall–Kier alpha value is -1.75. The van der Waals surface area contributed by atoms with Gasteiger partial charge in [-0.05, 0) is 20.8 Å². The molecule has 5 heteroatoms. The van der Waals surface area contributed by atoms with E-state index in [1.165, 1.54) is 0 Å². The zero-order valence-electron chi connectivity index (χ0n) is 9.65. The molecule has 0 unspecified atom stereocenters. The normalized spacial score (nSPS) is 11.8. The minimum atomic E-state index is -0.478. The van der Waals surface area contributed by atoms with Gasteiger partial charge in [-0.25, -0.2) is 4.98 Å². The van der Waals surface area contributed by atoms with E-state index in [-0.39, 0.29) is 0 Å². The third kappa shape index (κ3) is 1.94. The van der Waals surface area contributed by atoms with Crippen LogP contribution in [0.4, 0.5) is 0 Å². The topological polar surface area (TPSA) is 80.5 Å². The highest BCUT2D eigenvalue weighted by Crippen LogP contribution is 2.20. The van der Waals surface area contributed by atoms with Gasteiger partial charge in [-0.15, -0.1) is 0 Å². The predicted molar refractivity (Wildman–Crippen MR) is 61.6 cm³/mol. The molecule has 0 aliphatic carbocycles. The summed E-state index contributed by atoms with van der Waals surface area (Å²) in [6.07, 6.45) is 5.07. The molecule has 0 aliphatic heterocycles. The van der Waals surface area contributed by atoms with Gasteiger partial charge in [-0.2, -0.15) is 0 Å². The lowest BCUT2D eigenvalue weighted by Gasteiger charge is -2.14. The lowest BCUT2D eigenvalue weighted by atomic mass is 10.1. The first kappa shape index (κ1) is 10.8. The van der Waals surface area contributed by atoms with Crippen LogP contribution in [-0.2, 0) is 5.54 Å². The average Bonchev–Trinajstić information content (AvgIpc) is 2.66. The Bertz CT molecular complexity index is 495. The van der Waals surface area contributed by atoms with Crippen molar-refractivity contribution in [3.05, 3.63) is 30.1 Å². The molecule has 2 rings (SSSR count). The van der Waals surface area contributed by atoms with Gasteiger partial charge in [0.15, 0.2) is 0 Å². The van der Waals surface area contributed by atoms with Crippen molar-refractivity contribution in [3.63, 3.8) is 0 Å². The molecule has 2 aromatic heterocycles. The van der Waals surface area contributed by atoms with Gasteiger partial charge in [0, 0.05) is 12.4 Å². The lowest BCUT2D eigenvalue weighted by molar-refractivity contribution is 0.520. The van der Waals surface area contributed by atoms with Crippen LogP contribution in [0.5, 0.6) is 0 Å². The minimum Gasteiger partial charge on any atom is -0.339 e. The molecule has 0 aliphatic rings. The molecule has 5 nitrogen and oxygen atoms in total. The number of nitrogens with two attached hydrogens (primary N) is 1. The lowest BCUT2D eigenvalue weighted by Crippen LogP contribution is -2.30. The number of H-pyrrole nitrogens is 1. The van der Waals surface area contributed by atoms with E-state index in [0.29, 0.717) is 0 Å². The maximum absolute atomic E-state index is 5.96. The second-order valence-corrected chi connectivity index (χ2v) is 4.36. The van der Waals surface area contributed by atoms with Crippen molar-refractivity contribution in [2.45, 2.75) is 26.3 Å². The van der Waals surface area contributed by atoms with Crippen molar-refractivity contribution in [3.8, 4) is 11.4 Å². The summed E-state index contributed by atoms with van der Waals surface area (Å²) in [6.45, 7) is 5.72. The molecule has 2 aromatic rings. The third-order valence-corrected chi connectivity index (χ3v) is 2.32. The average molecular weight is 217 g/mol. The maximum atomic E-state index is 5.96. The van der Waals surface area contributed by atoms with E-state index in [2.05, 4.69) is 19.9 Å². The van der Waals surface area contributed by atoms with Gasteiger partial charge in [0.05, 0.1) is 23.1 Å². The SMILES string of the molecule is Cc1nccnc1-c1cnc(C(C)(C)N)[nH]1. The standard InChI is InChI=1S/C11H15N5/c1-7-9(14-5-4-13-7)8-6-15-10(16-8)11(2,3)12/h4-6H,12H2,1-3H3,(H,15,16). The van der Waals surface area contributed by atoms with Crippen LogP contribution in [0.25, 0.3) is 11.4 Å². The second kappa shape index (κ2) is 3.68. The fraction of sp³-hybridized carbons (Fsp3) is 0.364. The third-order valence-electron chi connectivity index (χ3n) is 2.32. The molecule has 0 fully saturated rings. The molecule has 0 radical (unpaired) electrons. The van der Waals surface area contributed by atoms with Crippen molar-refractivity contribution in [1.82, 2.24) is 19.9 Å². The Morgan fingerprint density at radius 2 is 1.88 bits per heavy atom. The van der Waals surface area contributed by atoms with Crippen LogP contribution in [0.2, 0.25) is 0 Å². The highest BCUT2D eigenvalue weighted by Gasteiger charge is 2.19. The van der Waals surface area contributed by atoms with Crippen molar-refractivity contribution < 1.29 is 0 Å². The Labute approximate surface area is 94.2 Å². The number of rotatable bonds is 2. The smallest absolute Gasteiger partial charge is 0.126 e. The highest BCUT2D eigenvalue weighted by molar-refractivity contribution is 5.55. The zero-order chi connectivity index (χ0) is 11.8. The van der Waals surface area contributed by atoms with E-state index in [0.717, 1.165) is 22.9 Å². The number of aromatic amines is 1. The number of imidazole rings is 1. The van der Waals surface area contributed by atoms with E-state index in [1.54, 1.807) is 18.6 Å². The number of aryl methyl sites for hydroxylation is 1. The second-order valence-electron chi connectivity index (χ2n) is 4.36. The first-order chi connectivity index (χ1) is 7.48. The molecule has 0 spiro atoms. The molecule has 16 heavy (non-hydrogen) atoms. The molecular formula is C11H15N5. The largest absolute Gasteiger partial charge is 0.339 e. The first-order valence-corrected chi connectivity index (χ1v) is 5.11. The summed E-state index contributed by atoms with van der Waals surface area (Å²) in [4.78, 5) is 15.9. The summed E-state index contributed by atoms with van der Waals surface area (Å²) in [5, 5.41) is 0. The number of nitrogens with one attached hydrogen (secondary N) is 1. The number of hydrogen-bond donors (Lipinski definition) is 2. The van der Waals surface area contributed by atoms with Gasteiger partial charge in [0.1, 0.15) is 11.5 Å². The molecule has 0 saturated heterocycles. The summed E-state index contributed by atoms with van der Waals surface area (Å²) in [7, 11) is 0. The minimum absolute atomic E-state index is 0.478. The van der Waals surface area contributed by atoms with Gasteiger partial charge in [-0.3, -0.25) is 9.97 Å². The molecular weight excluding hydrogens is 202 g/mol. The summed E-state index contributed by atoms with van der Waals surface area (Å²) in [5.74, 6) is 0.743. The summed E-state index contributed by atoms with van der Waals surface area (Å²) in [5.41, 5.74) is 8.00. The van der Waals surface area contributed by atoms with Crippen LogP contribution in [0, 0.1) is 6.92 Å². The van der Waals surface area contributed by atoms with Gasteiger partial charge < -0.3 is 10.7 Å². The Morgan fingerprint density at radius 3 is 2.44 bits per heavy atom. The molecule has 84 valence electrons. The van der Waals surface area contributed by atoms with Crippen molar-refractivity contribution >= 4 is 0 Å². The van der Waals surface area contributed by atoms with Crippen LogP contribution in [0.1, 0.15) is 25.4 Å². The number of aromatic nitrogens is 4. The summed E-state index contributed by atoms with van der Waals surface area (Å²) >= 11 is 0. The monoisotopic (exact) mass is 217 g/mol. The molecule has 0 aromatic carbocycles. The Balaban J connectivity index is 2.44. The molecule has 0 saturated carbocycles. The van der Waals surface area contributed by atoms with Gasteiger partial charge >= 0.3 is 0 Å². The molecule has 0 atom stereocenters. The Morgan fingerprint density at radius 1 is 1.19 bits per heavy atom. The van der Waals surface area contributed by atoms with Crippen LogP contribution < -0.4 is 5.73 Å². The summed E-state index contributed by atoms with van der Waals surface area (Å²) in [6, 6.07) is 0. The van der Waals surface area contributed by atoms with Crippen LogP contribution in [0.3, 0.4) is 0 Å². The fourth-order valence-corrected chi connectivity index (χ4v) is 1.44. The molecule has 3 N–H and O–H groups in total.